The summed E-state index contributed by atoms with van der Waals surface area (Å²) in [5, 5.41) is 0. The van der Waals surface area contributed by atoms with Gasteiger partial charge in [-0.15, -0.1) is 0 Å². The Morgan fingerprint density at radius 2 is 1.39 bits per heavy atom. The molecule has 2 aliphatic heterocycles. The van der Waals surface area contributed by atoms with Gasteiger partial charge in [0.1, 0.15) is 11.2 Å². The average molecular weight is 385 g/mol. The van der Waals surface area contributed by atoms with Gasteiger partial charge in [-0.2, -0.15) is 0 Å². The van der Waals surface area contributed by atoms with Crippen molar-refractivity contribution in [1.82, 2.24) is 0 Å². The van der Waals surface area contributed by atoms with Crippen molar-refractivity contribution in [2.75, 3.05) is 0 Å². The molecule has 4 heteroatoms. The molecule has 0 aliphatic carbocycles. The third-order valence-electron chi connectivity index (χ3n) is 5.95. The van der Waals surface area contributed by atoms with E-state index in [9.17, 15) is 9.59 Å². The first-order valence-corrected chi connectivity index (χ1v) is 9.96. The molecule has 1 aromatic carbocycles. The Hall–Kier alpha value is -1.78. The molecule has 28 heavy (non-hydrogen) atoms. The van der Waals surface area contributed by atoms with Gasteiger partial charge in [0.25, 0.3) is 0 Å². The Balaban J connectivity index is 1.82. The lowest BCUT2D eigenvalue weighted by molar-refractivity contribution is -0.132. The summed E-state index contributed by atoms with van der Waals surface area (Å²) in [7, 11) is 0. The molecule has 1 atom stereocenters. The summed E-state index contributed by atoms with van der Waals surface area (Å²) in [6.45, 7) is 15.1. The minimum Gasteiger partial charge on any atom is -0.361 e. The van der Waals surface area contributed by atoms with Gasteiger partial charge < -0.3 is 9.47 Å². The summed E-state index contributed by atoms with van der Waals surface area (Å²) in [5.41, 5.74) is 0.106. The van der Waals surface area contributed by atoms with Crippen molar-refractivity contribution in [3.05, 3.63) is 41.0 Å². The first-order chi connectivity index (χ1) is 12.7. The van der Waals surface area contributed by atoms with Gasteiger partial charge in [-0.05, 0) is 79.0 Å². The third-order valence-corrected chi connectivity index (χ3v) is 5.95. The lowest BCUT2D eigenvalue weighted by Crippen LogP contribution is -2.32. The molecule has 2 fully saturated rings. The predicted octanol–water partition coefficient (Wildman–Crippen LogP) is 4.54. The maximum atomic E-state index is 12.7. The van der Waals surface area contributed by atoms with E-state index >= 15 is 0 Å². The quantitative estimate of drug-likeness (QED) is 0.718. The zero-order valence-electron chi connectivity index (χ0n) is 18.3. The first-order valence-electron chi connectivity index (χ1n) is 9.96. The second-order valence-corrected chi connectivity index (χ2v) is 10.1. The molecule has 2 saturated heterocycles. The average Bonchev–Trinajstić information content (AvgIpc) is 2.79. The van der Waals surface area contributed by atoms with Crippen LogP contribution in [0.5, 0.6) is 0 Å². The van der Waals surface area contributed by atoms with Crippen LogP contribution in [0.25, 0.3) is 6.08 Å². The monoisotopic (exact) mass is 384 g/mol. The Kier molecular flexibility index (Phi) is 4.76. The summed E-state index contributed by atoms with van der Waals surface area (Å²) in [6, 6.07) is 8.05. The van der Waals surface area contributed by atoms with Gasteiger partial charge in [0.05, 0.1) is 17.1 Å². The summed E-state index contributed by atoms with van der Waals surface area (Å²) in [4.78, 5) is 25.4. The highest BCUT2D eigenvalue weighted by molar-refractivity contribution is 6.08. The normalized spacial score (nSPS) is 28.9. The van der Waals surface area contributed by atoms with E-state index in [0.29, 0.717) is 12.0 Å². The maximum Gasteiger partial charge on any atom is 0.192 e. The molecular formula is C24H32O4. The number of ether oxygens (including phenoxy) is 2. The number of ketones is 2. The van der Waals surface area contributed by atoms with Crippen molar-refractivity contribution in [2.45, 2.75) is 84.2 Å². The highest BCUT2D eigenvalue weighted by Gasteiger charge is 2.53. The first kappa shape index (κ1) is 20.9. The van der Waals surface area contributed by atoms with Crippen molar-refractivity contribution in [3.63, 3.8) is 0 Å². The van der Waals surface area contributed by atoms with Gasteiger partial charge in [-0.3, -0.25) is 9.59 Å². The Labute approximate surface area is 168 Å². The maximum absolute atomic E-state index is 12.7. The minimum atomic E-state index is -0.795. The van der Waals surface area contributed by atoms with Crippen LogP contribution in [-0.2, 0) is 25.5 Å². The summed E-state index contributed by atoms with van der Waals surface area (Å²) < 4.78 is 11.9. The minimum absolute atomic E-state index is 0.0271. The topological polar surface area (TPSA) is 52.6 Å². The van der Waals surface area contributed by atoms with E-state index in [0.717, 1.165) is 11.1 Å². The smallest absolute Gasteiger partial charge is 0.192 e. The van der Waals surface area contributed by atoms with Crippen LogP contribution in [0.4, 0.5) is 0 Å². The predicted molar refractivity (Wildman–Crippen MR) is 110 cm³/mol. The molecule has 0 bridgehead atoms. The van der Waals surface area contributed by atoms with E-state index in [1.807, 2.05) is 85.7 Å². The molecule has 4 nitrogen and oxygen atoms in total. The third kappa shape index (κ3) is 3.60. The van der Waals surface area contributed by atoms with Crippen molar-refractivity contribution in [3.8, 4) is 0 Å². The Bertz CT molecular complexity index is 838. The van der Waals surface area contributed by atoms with Gasteiger partial charge in [0.15, 0.2) is 11.6 Å². The van der Waals surface area contributed by atoms with Crippen molar-refractivity contribution in [1.29, 1.82) is 0 Å². The van der Waals surface area contributed by atoms with Crippen LogP contribution in [0.15, 0.2) is 29.8 Å². The van der Waals surface area contributed by atoms with E-state index in [1.54, 1.807) is 0 Å². The van der Waals surface area contributed by atoms with E-state index in [1.165, 1.54) is 0 Å². The highest BCUT2D eigenvalue weighted by Crippen LogP contribution is 2.41. The van der Waals surface area contributed by atoms with Gasteiger partial charge in [0, 0.05) is 5.57 Å². The zero-order chi connectivity index (χ0) is 21.1. The Morgan fingerprint density at radius 1 is 0.821 bits per heavy atom. The van der Waals surface area contributed by atoms with Gasteiger partial charge >= 0.3 is 0 Å². The van der Waals surface area contributed by atoms with Crippen LogP contribution in [0.1, 0.15) is 66.5 Å². The lowest BCUT2D eigenvalue weighted by Gasteiger charge is -2.25. The van der Waals surface area contributed by atoms with Gasteiger partial charge in [0.2, 0.25) is 0 Å². The van der Waals surface area contributed by atoms with Crippen LogP contribution in [0.2, 0.25) is 0 Å². The lowest BCUT2D eigenvalue weighted by atomic mass is 9.81. The largest absolute Gasteiger partial charge is 0.361 e. The standard InChI is InChI=1S/C24H32O4/c1-21(2)17(19(25)23(5,6)27-21)13-15-9-11-16(12-10-15)14-18-20(26)24(7,8)28-22(18,3)4/h9-13,18H,14H2,1-8H3/b17-13-. The van der Waals surface area contributed by atoms with Gasteiger partial charge in [-0.25, -0.2) is 0 Å². The Morgan fingerprint density at radius 3 is 1.82 bits per heavy atom. The molecular weight excluding hydrogens is 352 g/mol. The fourth-order valence-electron chi connectivity index (χ4n) is 4.58. The van der Waals surface area contributed by atoms with E-state index in [-0.39, 0.29) is 17.5 Å². The molecule has 1 unspecified atom stereocenters. The van der Waals surface area contributed by atoms with E-state index < -0.39 is 22.4 Å². The number of hydrogen-bond acceptors (Lipinski definition) is 4. The second kappa shape index (κ2) is 6.36. The SMILES string of the molecule is CC1(C)OC(C)(C)/C(=C\c2ccc(CC3C(=O)C(C)(C)OC3(C)C)cc2)C1=O. The fourth-order valence-corrected chi connectivity index (χ4v) is 4.58. The van der Waals surface area contributed by atoms with Crippen LogP contribution in [-0.4, -0.2) is 34.0 Å². The number of carbonyl (C=O) groups excluding carboxylic acids is 2. The molecule has 2 heterocycles. The van der Waals surface area contributed by atoms with Gasteiger partial charge in [-0.1, -0.05) is 24.3 Å². The highest BCUT2D eigenvalue weighted by atomic mass is 16.5. The van der Waals surface area contributed by atoms with Crippen LogP contribution in [0.3, 0.4) is 0 Å². The molecule has 0 aromatic heterocycles. The summed E-state index contributed by atoms with van der Waals surface area (Å²) in [6.07, 6.45) is 2.56. The molecule has 0 saturated carbocycles. The molecule has 3 rings (SSSR count). The summed E-state index contributed by atoms with van der Waals surface area (Å²) in [5.74, 6) is 0.0110. The second-order valence-electron chi connectivity index (χ2n) is 10.1. The van der Waals surface area contributed by atoms with Crippen molar-refractivity contribution in [2.24, 2.45) is 5.92 Å². The number of benzene rings is 1. The number of carbonyl (C=O) groups is 2. The number of hydrogen-bond donors (Lipinski definition) is 0. The molecule has 0 spiro atoms. The van der Waals surface area contributed by atoms with Crippen molar-refractivity contribution >= 4 is 17.6 Å². The van der Waals surface area contributed by atoms with E-state index in [4.69, 9.17) is 9.47 Å². The number of rotatable bonds is 3. The summed E-state index contributed by atoms with van der Waals surface area (Å²) >= 11 is 0. The molecule has 152 valence electrons. The van der Waals surface area contributed by atoms with Crippen molar-refractivity contribution < 1.29 is 19.1 Å². The molecule has 0 N–H and O–H groups in total. The molecule has 1 aromatic rings. The van der Waals surface area contributed by atoms with Crippen LogP contribution < -0.4 is 0 Å². The molecule has 2 aliphatic rings. The van der Waals surface area contributed by atoms with Crippen LogP contribution in [0, 0.1) is 5.92 Å². The molecule has 0 amide bonds. The number of Topliss-reactive ketones (excluding diaryl/α,β-unsaturated/α-hetero) is 2. The fraction of sp³-hybridized carbons (Fsp3) is 0.583. The molecule has 0 radical (unpaired) electrons. The van der Waals surface area contributed by atoms with Crippen LogP contribution >= 0.6 is 0 Å². The van der Waals surface area contributed by atoms with E-state index in [2.05, 4.69) is 0 Å². The zero-order valence-corrected chi connectivity index (χ0v) is 18.3.